The van der Waals surface area contributed by atoms with Crippen LogP contribution < -0.4 is 4.90 Å². The average molecular weight is 232 g/mol. The fourth-order valence-corrected chi connectivity index (χ4v) is 2.03. The largest absolute Gasteiger partial charge is 0.324 e. The van der Waals surface area contributed by atoms with Gasteiger partial charge in [-0.25, -0.2) is 4.79 Å². The topological polar surface area (TPSA) is 40.6 Å². The van der Waals surface area contributed by atoms with E-state index < -0.39 is 0 Å². The van der Waals surface area contributed by atoms with Crippen molar-refractivity contribution in [2.45, 2.75) is 19.9 Å². The van der Waals surface area contributed by atoms with Gasteiger partial charge in [0.05, 0.1) is 5.69 Å². The zero-order valence-electron chi connectivity index (χ0n) is 10.1. The predicted molar refractivity (Wildman–Crippen MR) is 65.9 cm³/mol. The Morgan fingerprint density at radius 3 is 2.76 bits per heavy atom. The number of rotatable bonds is 3. The highest BCUT2D eigenvalue weighted by Gasteiger charge is 2.27. The smallest absolute Gasteiger partial charge is 0.323 e. The van der Waals surface area contributed by atoms with Gasteiger partial charge >= 0.3 is 6.03 Å². The molecule has 1 aromatic carbocycles. The van der Waals surface area contributed by atoms with Crippen molar-refractivity contribution in [1.82, 2.24) is 4.90 Å². The highest BCUT2D eigenvalue weighted by Crippen LogP contribution is 2.27. The van der Waals surface area contributed by atoms with Crippen LogP contribution in [0.3, 0.4) is 0 Å². The van der Waals surface area contributed by atoms with Crippen LogP contribution in [-0.2, 0) is 11.3 Å². The van der Waals surface area contributed by atoms with E-state index in [9.17, 15) is 9.59 Å². The Bertz CT molecular complexity index is 456. The van der Waals surface area contributed by atoms with Crippen molar-refractivity contribution in [3.8, 4) is 0 Å². The van der Waals surface area contributed by atoms with Crippen LogP contribution in [0.4, 0.5) is 10.5 Å². The monoisotopic (exact) mass is 232 g/mol. The fraction of sp³-hybridized carbons (Fsp3) is 0.385. The van der Waals surface area contributed by atoms with Gasteiger partial charge in [-0.3, -0.25) is 9.69 Å². The maximum absolute atomic E-state index is 12.0. The summed E-state index contributed by atoms with van der Waals surface area (Å²) < 4.78 is 0. The number of nitrogens with zero attached hydrogens (tertiary/aromatic N) is 2. The third kappa shape index (κ3) is 2.30. The number of benzene rings is 1. The van der Waals surface area contributed by atoms with Gasteiger partial charge in [-0.05, 0) is 18.6 Å². The zero-order valence-corrected chi connectivity index (χ0v) is 10.1. The lowest BCUT2D eigenvalue weighted by molar-refractivity contribution is -0.116. The van der Waals surface area contributed by atoms with Crippen LogP contribution in [0.2, 0.25) is 0 Å². The standard InChI is InChI=1S/C13H16N2O2/c1-10(16)7-8-15-12-6-4-3-5-11(12)9-14(2)13(15)17/h3-6H,7-9H2,1-2H3. The Morgan fingerprint density at radius 2 is 2.06 bits per heavy atom. The van der Waals surface area contributed by atoms with E-state index in [4.69, 9.17) is 0 Å². The number of amides is 2. The molecule has 0 N–H and O–H groups in total. The van der Waals surface area contributed by atoms with E-state index in [-0.39, 0.29) is 11.8 Å². The number of para-hydroxylation sites is 1. The summed E-state index contributed by atoms with van der Waals surface area (Å²) >= 11 is 0. The summed E-state index contributed by atoms with van der Waals surface area (Å²) in [4.78, 5) is 26.4. The highest BCUT2D eigenvalue weighted by atomic mass is 16.2. The molecule has 1 aliphatic heterocycles. The van der Waals surface area contributed by atoms with E-state index in [1.165, 1.54) is 0 Å². The normalized spacial score (nSPS) is 14.8. The van der Waals surface area contributed by atoms with Crippen LogP contribution in [0.25, 0.3) is 0 Å². The van der Waals surface area contributed by atoms with Crippen LogP contribution in [0.5, 0.6) is 0 Å². The molecule has 0 radical (unpaired) electrons. The number of hydrogen-bond acceptors (Lipinski definition) is 2. The Labute approximate surface area is 101 Å². The second-order valence-electron chi connectivity index (χ2n) is 4.37. The van der Waals surface area contributed by atoms with Crippen molar-refractivity contribution in [3.63, 3.8) is 0 Å². The third-order valence-electron chi connectivity index (χ3n) is 2.93. The lowest BCUT2D eigenvalue weighted by Crippen LogP contribution is -2.45. The van der Waals surface area contributed by atoms with Crippen LogP contribution in [0.15, 0.2) is 24.3 Å². The highest BCUT2D eigenvalue weighted by molar-refractivity contribution is 5.95. The molecule has 0 bridgehead atoms. The number of urea groups is 1. The molecule has 0 saturated heterocycles. The number of carbonyl (C=O) groups is 2. The minimum Gasteiger partial charge on any atom is -0.323 e. The molecule has 1 aliphatic rings. The molecule has 0 atom stereocenters. The summed E-state index contributed by atoms with van der Waals surface area (Å²) in [6.45, 7) is 2.63. The number of fused-ring (bicyclic) bond motifs is 1. The molecule has 0 aromatic heterocycles. The molecule has 1 aromatic rings. The first kappa shape index (κ1) is 11.6. The molecule has 4 heteroatoms. The molecule has 2 rings (SSSR count). The number of ketones is 1. The Kier molecular flexibility index (Phi) is 3.13. The molecular weight excluding hydrogens is 216 g/mol. The van der Waals surface area contributed by atoms with Gasteiger partial charge in [0.2, 0.25) is 0 Å². The van der Waals surface area contributed by atoms with Crippen LogP contribution in [0, 0.1) is 0 Å². The van der Waals surface area contributed by atoms with E-state index in [0.717, 1.165) is 11.3 Å². The molecular formula is C13H16N2O2. The Morgan fingerprint density at radius 1 is 1.35 bits per heavy atom. The number of hydrogen-bond donors (Lipinski definition) is 0. The molecule has 0 aliphatic carbocycles. The van der Waals surface area contributed by atoms with Crippen LogP contribution >= 0.6 is 0 Å². The molecule has 4 nitrogen and oxygen atoms in total. The molecule has 90 valence electrons. The molecule has 1 heterocycles. The van der Waals surface area contributed by atoms with E-state index in [1.54, 1.807) is 23.8 Å². The van der Waals surface area contributed by atoms with Gasteiger partial charge in [-0.1, -0.05) is 18.2 Å². The van der Waals surface area contributed by atoms with Crippen molar-refractivity contribution in [1.29, 1.82) is 0 Å². The summed E-state index contributed by atoms with van der Waals surface area (Å²) in [5, 5.41) is 0. The molecule has 17 heavy (non-hydrogen) atoms. The van der Waals surface area contributed by atoms with Crippen molar-refractivity contribution in [2.24, 2.45) is 0 Å². The van der Waals surface area contributed by atoms with E-state index in [0.29, 0.717) is 19.5 Å². The first-order valence-electron chi connectivity index (χ1n) is 5.69. The number of carbonyl (C=O) groups excluding carboxylic acids is 2. The summed E-state index contributed by atoms with van der Waals surface area (Å²) in [6, 6.07) is 7.79. The Balaban J connectivity index is 2.28. The van der Waals surface area contributed by atoms with Gasteiger partial charge in [-0.15, -0.1) is 0 Å². The van der Waals surface area contributed by atoms with Crippen LogP contribution in [0.1, 0.15) is 18.9 Å². The third-order valence-corrected chi connectivity index (χ3v) is 2.93. The van der Waals surface area contributed by atoms with Crippen LogP contribution in [-0.4, -0.2) is 30.3 Å². The lowest BCUT2D eigenvalue weighted by Gasteiger charge is -2.35. The SMILES string of the molecule is CC(=O)CCN1C(=O)N(C)Cc2ccccc21. The Hall–Kier alpha value is -1.84. The van der Waals surface area contributed by atoms with E-state index >= 15 is 0 Å². The summed E-state index contributed by atoms with van der Waals surface area (Å²) in [7, 11) is 1.78. The maximum atomic E-state index is 12.0. The van der Waals surface area contributed by atoms with Gasteiger partial charge in [0.15, 0.2) is 0 Å². The van der Waals surface area contributed by atoms with Crippen molar-refractivity contribution in [2.75, 3.05) is 18.5 Å². The fourth-order valence-electron chi connectivity index (χ4n) is 2.03. The van der Waals surface area contributed by atoms with E-state index in [1.807, 2.05) is 24.3 Å². The van der Waals surface area contributed by atoms with Gasteiger partial charge in [0, 0.05) is 26.6 Å². The van der Waals surface area contributed by atoms with Gasteiger partial charge in [0.25, 0.3) is 0 Å². The molecule has 0 unspecified atom stereocenters. The quantitative estimate of drug-likeness (QED) is 0.800. The minimum atomic E-state index is -0.0371. The first-order valence-corrected chi connectivity index (χ1v) is 5.69. The van der Waals surface area contributed by atoms with Gasteiger partial charge in [-0.2, -0.15) is 0 Å². The summed E-state index contributed by atoms with van der Waals surface area (Å²) in [5.41, 5.74) is 2.05. The minimum absolute atomic E-state index is 0.0371. The molecule has 0 fully saturated rings. The molecule has 0 saturated carbocycles. The number of Topliss-reactive ketones (excluding diaryl/α,β-unsaturated/α-hetero) is 1. The van der Waals surface area contributed by atoms with Gasteiger partial charge < -0.3 is 4.90 Å². The predicted octanol–water partition coefficient (Wildman–Crippen LogP) is 2.04. The lowest BCUT2D eigenvalue weighted by atomic mass is 10.1. The summed E-state index contributed by atoms with van der Waals surface area (Å²) in [5.74, 6) is 0.100. The zero-order chi connectivity index (χ0) is 12.4. The first-order chi connectivity index (χ1) is 8.09. The molecule has 2 amide bonds. The molecule has 0 spiro atoms. The maximum Gasteiger partial charge on any atom is 0.324 e. The van der Waals surface area contributed by atoms with Crippen molar-refractivity contribution >= 4 is 17.5 Å². The second-order valence-corrected chi connectivity index (χ2v) is 4.37. The van der Waals surface area contributed by atoms with E-state index in [2.05, 4.69) is 0 Å². The van der Waals surface area contributed by atoms with Crippen molar-refractivity contribution in [3.05, 3.63) is 29.8 Å². The van der Waals surface area contributed by atoms with Crippen molar-refractivity contribution < 1.29 is 9.59 Å². The number of anilines is 1. The average Bonchev–Trinajstić information content (AvgIpc) is 2.29. The van der Waals surface area contributed by atoms with Gasteiger partial charge in [0.1, 0.15) is 5.78 Å². The second kappa shape index (κ2) is 4.57. The summed E-state index contributed by atoms with van der Waals surface area (Å²) in [6.07, 6.45) is 0.397.